The van der Waals surface area contributed by atoms with E-state index in [1.54, 1.807) is 6.07 Å². The van der Waals surface area contributed by atoms with E-state index in [0.717, 1.165) is 15.5 Å². The zero-order valence-electron chi connectivity index (χ0n) is 6.77. The first-order valence-corrected chi connectivity index (χ1v) is 3.85. The highest BCUT2D eigenvalue weighted by atomic mass is 19.1. The molecule has 0 bridgehead atoms. The maximum atomic E-state index is 12.3. The molecule has 0 spiro atoms. The highest BCUT2D eigenvalue weighted by Gasteiger charge is 2.10. The molecule has 13 heavy (non-hydrogen) atoms. The van der Waals surface area contributed by atoms with Gasteiger partial charge in [-0.1, -0.05) is 18.2 Å². The summed E-state index contributed by atoms with van der Waals surface area (Å²) < 4.78 is 12.3. The second-order valence-corrected chi connectivity index (χ2v) is 2.71. The van der Waals surface area contributed by atoms with E-state index < -0.39 is 6.16 Å². The lowest BCUT2D eigenvalue weighted by Crippen LogP contribution is -2.36. The molecule has 4 heteroatoms. The highest BCUT2D eigenvalue weighted by Crippen LogP contribution is 1.95. The molecule has 0 fully saturated rings. The first kappa shape index (κ1) is 7.91. The fourth-order valence-electron chi connectivity index (χ4n) is 1.21. The molecule has 1 amide bonds. The number of para-hydroxylation sites is 1. The Morgan fingerprint density at radius 1 is 1.46 bits per heavy atom. The fourth-order valence-corrected chi connectivity index (χ4v) is 1.21. The van der Waals surface area contributed by atoms with E-state index in [9.17, 15) is 9.18 Å². The van der Waals surface area contributed by atoms with Crippen LogP contribution in [0, 0.1) is 0 Å². The van der Waals surface area contributed by atoms with Gasteiger partial charge in [-0.3, -0.25) is 9.89 Å². The molecule has 0 N–H and O–H groups in total. The quantitative estimate of drug-likeness (QED) is 0.418. The monoisotopic (exact) mass is 178 g/mol. The van der Waals surface area contributed by atoms with Crippen LogP contribution in [0.1, 0.15) is 0 Å². The van der Waals surface area contributed by atoms with Crippen molar-refractivity contribution in [1.82, 2.24) is 4.90 Å². The van der Waals surface area contributed by atoms with Gasteiger partial charge in [0.15, 0.2) is 0 Å². The average Bonchev–Trinajstić information content (AvgIpc) is 2.17. The van der Waals surface area contributed by atoms with Crippen molar-refractivity contribution in [3.05, 3.63) is 34.8 Å². The van der Waals surface area contributed by atoms with Crippen LogP contribution in [0.4, 0.5) is 9.18 Å². The Hall–Kier alpha value is -1.71. The molecule has 0 aliphatic carbocycles. The predicted molar refractivity (Wildman–Crippen MR) is 44.9 cm³/mol. The molecule has 1 heterocycles. The van der Waals surface area contributed by atoms with Crippen molar-refractivity contribution < 1.29 is 9.18 Å². The predicted octanol–water partition coefficient (Wildman–Crippen LogP) is 0.407. The van der Waals surface area contributed by atoms with Gasteiger partial charge in [0.25, 0.3) is 0 Å². The van der Waals surface area contributed by atoms with Crippen LogP contribution in [-0.4, -0.2) is 17.7 Å². The lowest BCUT2D eigenvalue weighted by atomic mass is 10.3. The number of benzene rings is 1. The van der Waals surface area contributed by atoms with Gasteiger partial charge in [-0.15, -0.1) is 4.39 Å². The average molecular weight is 178 g/mol. The third-order valence-corrected chi connectivity index (χ3v) is 1.85. The number of rotatable bonds is 0. The van der Waals surface area contributed by atoms with E-state index >= 15 is 0 Å². The summed E-state index contributed by atoms with van der Waals surface area (Å²) in [6, 6.07) is 7.28. The normalized spacial score (nSPS) is 14.1. The molecule has 0 atom stereocenters. The van der Waals surface area contributed by atoms with Gasteiger partial charge in [0.05, 0.1) is 5.36 Å². The summed E-state index contributed by atoms with van der Waals surface area (Å²) in [5.74, 6) is 0. The summed E-state index contributed by atoms with van der Waals surface area (Å²) >= 11 is 0. The van der Waals surface area contributed by atoms with Crippen LogP contribution >= 0.6 is 0 Å². The lowest BCUT2D eigenvalue weighted by molar-refractivity contribution is 0.197. The summed E-state index contributed by atoms with van der Waals surface area (Å²) in [4.78, 5) is 15.3. The van der Waals surface area contributed by atoms with Crippen molar-refractivity contribution in [2.75, 3.05) is 6.67 Å². The molecule has 3 nitrogen and oxygen atoms in total. The Morgan fingerprint density at radius 3 is 3.00 bits per heavy atom. The first-order valence-electron chi connectivity index (χ1n) is 3.85. The number of nitrogens with zero attached hydrogens (tertiary/aromatic N) is 2. The topological polar surface area (TPSA) is 32.7 Å². The van der Waals surface area contributed by atoms with Crippen LogP contribution in [0.2, 0.25) is 0 Å². The second kappa shape index (κ2) is 2.97. The van der Waals surface area contributed by atoms with Crippen molar-refractivity contribution in [3.8, 4) is 0 Å². The van der Waals surface area contributed by atoms with Crippen molar-refractivity contribution in [3.63, 3.8) is 0 Å². The SMILES string of the molecule is O=C(F)N1C=c2ccccc2=NC1. The fraction of sp³-hybridized carbons (Fsp3) is 0.111. The Morgan fingerprint density at radius 2 is 2.23 bits per heavy atom. The Balaban J connectivity index is 2.55. The molecule has 0 saturated carbocycles. The molecular formula is C9H7FN2O. The number of fused-ring (bicyclic) bond motifs is 1. The zero-order chi connectivity index (χ0) is 9.26. The summed E-state index contributed by atoms with van der Waals surface area (Å²) in [6.45, 7) is 0.0619. The minimum atomic E-state index is -1.47. The van der Waals surface area contributed by atoms with Gasteiger partial charge in [-0.25, -0.2) is 4.79 Å². The third kappa shape index (κ3) is 1.42. The van der Waals surface area contributed by atoms with Crippen molar-refractivity contribution >= 4 is 12.4 Å². The number of hydrogen-bond donors (Lipinski definition) is 0. The number of carbonyl (C=O) groups is 1. The Labute approximate surface area is 73.8 Å². The molecular weight excluding hydrogens is 171 g/mol. The molecule has 2 rings (SSSR count). The van der Waals surface area contributed by atoms with Crippen LogP contribution in [0.25, 0.3) is 6.20 Å². The first-order chi connectivity index (χ1) is 6.27. The zero-order valence-corrected chi connectivity index (χ0v) is 6.77. The van der Waals surface area contributed by atoms with Gasteiger partial charge in [0.2, 0.25) is 0 Å². The van der Waals surface area contributed by atoms with Gasteiger partial charge in [-0.2, -0.15) is 0 Å². The van der Waals surface area contributed by atoms with E-state index in [-0.39, 0.29) is 6.67 Å². The molecule has 66 valence electrons. The molecule has 1 aliphatic rings. The van der Waals surface area contributed by atoms with Crippen LogP contribution < -0.4 is 10.6 Å². The largest absolute Gasteiger partial charge is 0.405 e. The van der Waals surface area contributed by atoms with Gasteiger partial charge < -0.3 is 0 Å². The van der Waals surface area contributed by atoms with E-state index in [1.165, 1.54) is 6.20 Å². The van der Waals surface area contributed by atoms with E-state index in [4.69, 9.17) is 0 Å². The lowest BCUT2D eigenvalue weighted by Gasteiger charge is -2.13. The number of carbonyl (C=O) groups excluding carboxylic acids is 1. The van der Waals surface area contributed by atoms with Gasteiger partial charge in [0.1, 0.15) is 6.67 Å². The van der Waals surface area contributed by atoms with Crippen molar-refractivity contribution in [2.45, 2.75) is 0 Å². The molecule has 1 aromatic rings. The maximum Gasteiger partial charge on any atom is 0.405 e. The minimum absolute atomic E-state index is 0.0619. The molecule has 1 aliphatic heterocycles. The molecule has 0 radical (unpaired) electrons. The molecule has 1 aromatic carbocycles. The maximum absolute atomic E-state index is 12.3. The summed E-state index contributed by atoms with van der Waals surface area (Å²) in [7, 11) is 0. The Kier molecular flexibility index (Phi) is 1.81. The molecule has 0 saturated heterocycles. The van der Waals surface area contributed by atoms with Gasteiger partial charge >= 0.3 is 6.16 Å². The Bertz CT molecular complexity index is 455. The molecule has 0 aromatic heterocycles. The van der Waals surface area contributed by atoms with Crippen molar-refractivity contribution in [2.24, 2.45) is 4.99 Å². The van der Waals surface area contributed by atoms with E-state index in [1.807, 2.05) is 18.2 Å². The second-order valence-electron chi connectivity index (χ2n) is 2.71. The summed E-state index contributed by atoms with van der Waals surface area (Å²) in [5, 5.41) is 1.56. The van der Waals surface area contributed by atoms with Crippen LogP contribution in [-0.2, 0) is 0 Å². The summed E-state index contributed by atoms with van der Waals surface area (Å²) in [5.41, 5.74) is 0. The number of hydrogen-bond acceptors (Lipinski definition) is 2. The van der Waals surface area contributed by atoms with Gasteiger partial charge in [0, 0.05) is 11.4 Å². The smallest absolute Gasteiger partial charge is 0.270 e. The van der Waals surface area contributed by atoms with Crippen LogP contribution in [0.15, 0.2) is 29.3 Å². The minimum Gasteiger partial charge on any atom is -0.270 e. The highest BCUT2D eigenvalue weighted by molar-refractivity contribution is 5.71. The standard InChI is InChI=1S/C9H7FN2O/c10-9(13)12-5-7-3-1-2-4-8(7)11-6-12/h1-5H,6H2. The summed E-state index contributed by atoms with van der Waals surface area (Å²) in [6.07, 6.45) is -0.0109. The number of halogens is 1. The van der Waals surface area contributed by atoms with E-state index in [2.05, 4.69) is 4.99 Å². The molecule has 0 unspecified atom stereocenters. The van der Waals surface area contributed by atoms with Crippen LogP contribution in [0.5, 0.6) is 0 Å². The van der Waals surface area contributed by atoms with Crippen molar-refractivity contribution in [1.29, 1.82) is 0 Å². The van der Waals surface area contributed by atoms with E-state index in [0.29, 0.717) is 0 Å². The van der Waals surface area contributed by atoms with Crippen LogP contribution in [0.3, 0.4) is 0 Å². The third-order valence-electron chi connectivity index (χ3n) is 1.85. The number of amides is 1. The van der Waals surface area contributed by atoms with Gasteiger partial charge in [-0.05, 0) is 6.07 Å².